The van der Waals surface area contributed by atoms with Crippen LogP contribution in [0.5, 0.6) is 0 Å². The Labute approximate surface area is 99.6 Å². The largest absolute Gasteiger partial charge is 0.462 e. The van der Waals surface area contributed by atoms with Crippen LogP contribution in [-0.2, 0) is 21.8 Å². The van der Waals surface area contributed by atoms with Gasteiger partial charge in [0.25, 0.3) is 10.0 Å². The number of nitrogens with zero attached hydrogens (tertiary/aromatic N) is 2. The van der Waals surface area contributed by atoms with Crippen molar-refractivity contribution < 1.29 is 17.9 Å². The van der Waals surface area contributed by atoms with Crippen LogP contribution in [0.4, 0.5) is 0 Å². The molecule has 0 aliphatic heterocycles. The second kappa shape index (κ2) is 5.28. The van der Waals surface area contributed by atoms with Gasteiger partial charge in [-0.3, -0.25) is 4.68 Å². The van der Waals surface area contributed by atoms with E-state index in [1.54, 1.807) is 0 Å². The smallest absolute Gasteiger partial charge is 0.342 e. The summed E-state index contributed by atoms with van der Waals surface area (Å²) in [7, 11) is -2.61. The number of nitrogens with two attached hydrogens (primary N) is 1. The molecule has 0 bridgehead atoms. The summed E-state index contributed by atoms with van der Waals surface area (Å²) >= 11 is 0. The van der Waals surface area contributed by atoms with Crippen molar-refractivity contribution in [3.05, 3.63) is 11.8 Å². The van der Waals surface area contributed by atoms with E-state index in [1.165, 1.54) is 7.05 Å². The number of carbonyl (C=O) groups is 1. The molecule has 0 aromatic carbocycles. The van der Waals surface area contributed by atoms with Gasteiger partial charge in [-0.15, -0.1) is 0 Å². The molecule has 2 N–H and O–H groups in total. The fourth-order valence-corrected chi connectivity index (χ4v) is 2.15. The third-order valence-corrected chi connectivity index (χ3v) is 3.13. The molecule has 8 heteroatoms. The molecule has 0 spiro atoms. The third-order valence-electron chi connectivity index (χ3n) is 2.10. The molecular formula is C9H15N3O4S. The highest BCUT2D eigenvalue weighted by atomic mass is 32.2. The lowest BCUT2D eigenvalue weighted by Crippen LogP contribution is -2.20. The monoisotopic (exact) mass is 261 g/mol. The van der Waals surface area contributed by atoms with Crippen LogP contribution in [-0.4, -0.2) is 30.8 Å². The first kappa shape index (κ1) is 13.7. The molecule has 1 aromatic heterocycles. The Kier molecular flexibility index (Phi) is 4.24. The van der Waals surface area contributed by atoms with Crippen LogP contribution in [0.2, 0.25) is 0 Å². The summed E-state index contributed by atoms with van der Waals surface area (Å²) in [6, 6.07) is 0. The summed E-state index contributed by atoms with van der Waals surface area (Å²) in [5.41, 5.74) is -0.133. The number of hydrogen-bond acceptors (Lipinski definition) is 5. The van der Waals surface area contributed by atoms with Gasteiger partial charge in [0.05, 0.1) is 12.8 Å². The van der Waals surface area contributed by atoms with Crippen molar-refractivity contribution in [3.8, 4) is 0 Å². The highest BCUT2D eigenvalue weighted by Crippen LogP contribution is 2.14. The summed E-state index contributed by atoms with van der Waals surface area (Å²) in [5.74, 6) is -0.726. The second-order valence-corrected chi connectivity index (χ2v) is 5.00. The quantitative estimate of drug-likeness (QED) is 0.594. The van der Waals surface area contributed by atoms with E-state index in [4.69, 9.17) is 9.88 Å². The van der Waals surface area contributed by atoms with Crippen molar-refractivity contribution in [1.29, 1.82) is 0 Å². The summed E-state index contributed by atoms with van der Waals surface area (Å²) in [6.45, 7) is 2.20. The normalized spacial score (nSPS) is 11.5. The number of unbranched alkanes of at least 4 members (excludes halogenated alkanes) is 1. The molecule has 1 heterocycles. The van der Waals surface area contributed by atoms with Gasteiger partial charge in [-0.05, 0) is 6.42 Å². The van der Waals surface area contributed by atoms with Gasteiger partial charge in [-0.1, -0.05) is 13.3 Å². The third kappa shape index (κ3) is 3.27. The molecule has 0 amide bonds. The fraction of sp³-hybridized carbons (Fsp3) is 0.556. The number of carbonyl (C=O) groups excluding carboxylic acids is 1. The number of primary sulfonamides is 1. The van der Waals surface area contributed by atoms with Crippen molar-refractivity contribution in [2.75, 3.05) is 6.61 Å². The van der Waals surface area contributed by atoms with Crippen molar-refractivity contribution >= 4 is 16.0 Å². The van der Waals surface area contributed by atoms with Gasteiger partial charge in [-0.25, -0.2) is 18.4 Å². The number of hydrogen-bond donors (Lipinski definition) is 1. The van der Waals surface area contributed by atoms with Crippen LogP contribution >= 0.6 is 0 Å². The molecule has 96 valence electrons. The van der Waals surface area contributed by atoms with E-state index < -0.39 is 16.0 Å². The van der Waals surface area contributed by atoms with Gasteiger partial charge < -0.3 is 4.74 Å². The Morgan fingerprint density at radius 2 is 2.24 bits per heavy atom. The minimum atomic E-state index is -4.00. The summed E-state index contributed by atoms with van der Waals surface area (Å²) < 4.78 is 28.5. The zero-order valence-electron chi connectivity index (χ0n) is 9.71. The van der Waals surface area contributed by atoms with Crippen LogP contribution in [0.1, 0.15) is 30.1 Å². The van der Waals surface area contributed by atoms with Gasteiger partial charge in [0, 0.05) is 7.05 Å². The van der Waals surface area contributed by atoms with Gasteiger partial charge in [0.15, 0.2) is 5.03 Å². The first-order chi connectivity index (χ1) is 7.88. The van der Waals surface area contributed by atoms with Crippen LogP contribution in [0.25, 0.3) is 0 Å². The van der Waals surface area contributed by atoms with Crippen LogP contribution in [0, 0.1) is 0 Å². The lowest BCUT2D eigenvalue weighted by Gasteiger charge is -2.04. The summed E-state index contributed by atoms with van der Waals surface area (Å²) in [4.78, 5) is 11.6. The minimum Gasteiger partial charge on any atom is -0.462 e. The number of aromatic nitrogens is 2. The molecular weight excluding hydrogens is 246 g/mol. The maximum Gasteiger partial charge on any atom is 0.342 e. The molecule has 0 unspecified atom stereocenters. The first-order valence-electron chi connectivity index (χ1n) is 5.09. The standard InChI is InChI=1S/C9H15N3O4S/c1-3-4-5-16-9(13)7-6-11-12(2)8(7)17(10,14)15/h6H,3-5H2,1-2H3,(H2,10,14,15). The maximum absolute atomic E-state index is 11.6. The minimum absolute atomic E-state index is 0.133. The number of aryl methyl sites for hydroxylation is 1. The number of rotatable bonds is 5. The van der Waals surface area contributed by atoms with Crippen molar-refractivity contribution in [1.82, 2.24) is 9.78 Å². The summed E-state index contributed by atoms with van der Waals surface area (Å²) in [6.07, 6.45) is 2.73. The zero-order chi connectivity index (χ0) is 13.1. The number of ether oxygens (including phenoxy) is 1. The Hall–Kier alpha value is -1.41. The average Bonchev–Trinajstić information content (AvgIpc) is 2.60. The van der Waals surface area contributed by atoms with Gasteiger partial charge >= 0.3 is 5.97 Å². The fourth-order valence-electron chi connectivity index (χ4n) is 1.29. The van der Waals surface area contributed by atoms with Crippen LogP contribution < -0.4 is 5.14 Å². The molecule has 0 saturated heterocycles. The number of esters is 1. The van der Waals surface area contributed by atoms with E-state index in [0.29, 0.717) is 0 Å². The molecule has 0 aliphatic rings. The Morgan fingerprint density at radius 3 is 2.76 bits per heavy atom. The van der Waals surface area contributed by atoms with E-state index >= 15 is 0 Å². The Balaban J connectivity index is 2.96. The average molecular weight is 261 g/mol. The second-order valence-electron chi connectivity index (χ2n) is 3.52. The maximum atomic E-state index is 11.6. The van der Waals surface area contributed by atoms with Crippen LogP contribution in [0.15, 0.2) is 11.2 Å². The highest BCUT2D eigenvalue weighted by Gasteiger charge is 2.25. The van der Waals surface area contributed by atoms with Gasteiger partial charge in [0.2, 0.25) is 0 Å². The van der Waals surface area contributed by atoms with Gasteiger partial charge in [-0.2, -0.15) is 5.10 Å². The Bertz CT molecular complexity index is 506. The molecule has 0 saturated carbocycles. The van der Waals surface area contributed by atoms with Crippen molar-refractivity contribution in [2.24, 2.45) is 12.2 Å². The Morgan fingerprint density at radius 1 is 1.59 bits per heavy atom. The molecule has 0 fully saturated rings. The van der Waals surface area contributed by atoms with Crippen LogP contribution in [0.3, 0.4) is 0 Å². The predicted octanol–water partition coefficient (Wildman–Crippen LogP) is 0.0244. The lowest BCUT2D eigenvalue weighted by atomic mass is 10.3. The molecule has 7 nitrogen and oxygen atoms in total. The topological polar surface area (TPSA) is 104 Å². The van der Waals surface area contributed by atoms with E-state index in [9.17, 15) is 13.2 Å². The van der Waals surface area contributed by atoms with E-state index in [-0.39, 0.29) is 17.2 Å². The van der Waals surface area contributed by atoms with E-state index in [1.807, 2.05) is 6.92 Å². The molecule has 0 radical (unpaired) electrons. The zero-order valence-corrected chi connectivity index (χ0v) is 10.5. The lowest BCUT2D eigenvalue weighted by molar-refractivity contribution is 0.0494. The molecule has 0 aliphatic carbocycles. The highest BCUT2D eigenvalue weighted by molar-refractivity contribution is 7.89. The van der Waals surface area contributed by atoms with E-state index in [0.717, 1.165) is 23.7 Å². The van der Waals surface area contributed by atoms with Crippen molar-refractivity contribution in [2.45, 2.75) is 24.8 Å². The van der Waals surface area contributed by atoms with Gasteiger partial charge in [0.1, 0.15) is 5.56 Å². The summed E-state index contributed by atoms with van der Waals surface area (Å²) in [5, 5.41) is 8.35. The first-order valence-corrected chi connectivity index (χ1v) is 6.64. The predicted molar refractivity (Wildman–Crippen MR) is 59.8 cm³/mol. The molecule has 17 heavy (non-hydrogen) atoms. The van der Waals surface area contributed by atoms with Crippen molar-refractivity contribution in [3.63, 3.8) is 0 Å². The van der Waals surface area contributed by atoms with E-state index in [2.05, 4.69) is 5.10 Å². The molecule has 1 rings (SSSR count). The number of sulfonamides is 1. The SMILES string of the molecule is CCCCOC(=O)c1cnn(C)c1S(N)(=O)=O. The molecule has 0 atom stereocenters. The molecule has 1 aromatic rings.